The van der Waals surface area contributed by atoms with Crippen LogP contribution in [0.4, 0.5) is 11.4 Å². The summed E-state index contributed by atoms with van der Waals surface area (Å²) in [6, 6.07) is 10.7. The third-order valence-corrected chi connectivity index (χ3v) is 21.3. The number of methoxy groups -OCH3 is 1. The van der Waals surface area contributed by atoms with Crippen molar-refractivity contribution < 1.29 is 155 Å². The molecule has 0 saturated carbocycles. The van der Waals surface area contributed by atoms with Gasteiger partial charge in [0.25, 0.3) is 10.1 Å². The summed E-state index contributed by atoms with van der Waals surface area (Å²) in [4.78, 5) is 28.1. The molecule has 0 aromatic heterocycles. The van der Waals surface area contributed by atoms with Crippen LogP contribution in [-0.2, 0) is 154 Å². The number of ether oxygens (including phenoxy) is 24. The first-order chi connectivity index (χ1) is 63.7. The molecule has 2 amide bonds. The van der Waals surface area contributed by atoms with Gasteiger partial charge in [0.15, 0.2) is 5.71 Å². The third-order valence-electron chi connectivity index (χ3n) is 19.9. The van der Waals surface area contributed by atoms with Crippen molar-refractivity contribution >= 4 is 51.1 Å². The zero-order valence-electron chi connectivity index (χ0n) is 78.3. The Bertz CT molecular complexity index is 3330. The SMILES string of the molecule is COCCOCCOCCOCCOCCOCCOCCOCCOCCOCCOCCOCCOCCOCCOCCOCCOCCOCCOCCOCCOCCOCCOCCOCCNC(=O)CCCCCN1C(=CC=CC=CC2=[N+](CCCCCC(=O)NCCCCCN)c3ccc(SOOO)cc3C2(C)C)C(C)(C)c2cc(S(=O)(=O)O)ccc21. The fourth-order valence-electron chi connectivity index (χ4n) is 13.1. The molecule has 0 bridgehead atoms. The van der Waals surface area contributed by atoms with Crippen LogP contribution in [0.5, 0.6) is 0 Å². The molecule has 37 nitrogen and oxygen atoms in total. The number of carbonyl (C=O) groups excluding carboxylic acids is 2. The number of rotatable bonds is 96. The summed E-state index contributed by atoms with van der Waals surface area (Å²) < 4.78 is 174. The van der Waals surface area contributed by atoms with E-state index >= 15 is 0 Å². The second-order valence-electron chi connectivity index (χ2n) is 30.5. The van der Waals surface area contributed by atoms with Crippen molar-refractivity contribution in [1.29, 1.82) is 0 Å². The smallest absolute Gasteiger partial charge is 0.294 e. The maximum absolute atomic E-state index is 12.8. The Morgan fingerprint density at radius 3 is 1.12 bits per heavy atom. The number of hydrogen-bond donors (Lipinski definition) is 5. The van der Waals surface area contributed by atoms with Crippen molar-refractivity contribution in [3.63, 3.8) is 0 Å². The molecule has 6 N–H and O–H groups in total. The summed E-state index contributed by atoms with van der Waals surface area (Å²) in [7, 11) is -2.81. The van der Waals surface area contributed by atoms with E-state index in [1.807, 2.05) is 50.3 Å². The first kappa shape index (κ1) is 118. The molecular formula is C91H158N5O32S2+. The highest BCUT2D eigenvalue weighted by Gasteiger charge is 2.45. The van der Waals surface area contributed by atoms with Crippen LogP contribution in [0.1, 0.15) is 109 Å². The van der Waals surface area contributed by atoms with Gasteiger partial charge in [-0.05, 0) is 101 Å². The van der Waals surface area contributed by atoms with Crippen molar-refractivity contribution in [2.75, 3.05) is 355 Å². The van der Waals surface area contributed by atoms with E-state index in [0.29, 0.717) is 356 Å². The first-order valence-corrected chi connectivity index (χ1v) is 48.2. The standard InChI is InChI=1S/C91H157N5O32S2/c1-90(2)82-78-80(129-128-127-99)22-24-84(82)95(29-16-7-12-20-88(97)93-27-15-9-14-26-92)86(90)18-10-6-11-19-87-91(3,4)83-79-81(130(100,101)102)23-25-85(83)96(87)30-17-8-13-21-89(98)94-28-31-104-34-35-106-38-39-108-42-43-110-46-47-112-50-51-114-54-55-116-58-59-118-62-63-120-66-67-122-70-71-124-74-75-126-77-76-125-73-72-123-69-68-121-65-64-119-61-60-117-57-56-115-53-52-113-49-48-111-45-44-109-41-40-107-37-36-105-33-32-103-5/h6,10-11,18-19,22-25,78-79H,7-9,12-17,20-21,26-77,92H2,1-5H3,(H3-,93,94,97,98,99,100,101,102)/p+1. The number of hydrogen-bond acceptors (Lipinski definition) is 34. The molecule has 0 radical (unpaired) electrons. The Labute approximate surface area is 776 Å². The summed E-state index contributed by atoms with van der Waals surface area (Å²) >= 11 is 0.917. The van der Waals surface area contributed by atoms with Crippen molar-refractivity contribution in [2.24, 2.45) is 5.73 Å². The normalized spacial score (nSPS) is 14.0. The van der Waals surface area contributed by atoms with Crippen LogP contribution in [0, 0.1) is 0 Å². The second-order valence-corrected chi connectivity index (χ2v) is 32.7. The molecule has 2 aliphatic rings. The lowest BCUT2D eigenvalue weighted by Crippen LogP contribution is -2.28. The fourth-order valence-corrected chi connectivity index (χ4v) is 14.0. The third kappa shape index (κ3) is 59.3. The molecule has 39 heteroatoms. The molecule has 2 heterocycles. The van der Waals surface area contributed by atoms with E-state index in [2.05, 4.69) is 51.1 Å². The maximum Gasteiger partial charge on any atom is 0.294 e. The lowest BCUT2D eigenvalue weighted by molar-refractivity contribution is -0.438. The van der Waals surface area contributed by atoms with Crippen LogP contribution in [0.25, 0.3) is 0 Å². The Kier molecular flexibility index (Phi) is 73.6. The summed E-state index contributed by atoms with van der Waals surface area (Å²) in [5.74, 6) is 0.0188. The van der Waals surface area contributed by atoms with Crippen LogP contribution in [-0.4, -0.2) is 391 Å². The molecule has 0 saturated heterocycles. The van der Waals surface area contributed by atoms with Crippen molar-refractivity contribution in [1.82, 2.24) is 10.6 Å². The van der Waals surface area contributed by atoms with Gasteiger partial charge in [0.2, 0.25) is 17.5 Å². The number of nitrogens with one attached hydrogen (secondary N) is 2. The van der Waals surface area contributed by atoms with E-state index < -0.39 is 20.9 Å². The molecule has 2 aliphatic heterocycles. The predicted molar refractivity (Wildman–Crippen MR) is 489 cm³/mol. The van der Waals surface area contributed by atoms with Gasteiger partial charge in [0.05, 0.1) is 333 Å². The molecule has 130 heavy (non-hydrogen) atoms. The van der Waals surface area contributed by atoms with Crippen molar-refractivity contribution in [3.8, 4) is 0 Å². The molecular weight excluding hydrogens is 1740 g/mol. The molecule has 750 valence electrons. The van der Waals surface area contributed by atoms with E-state index in [1.54, 1.807) is 19.2 Å². The second kappa shape index (κ2) is 81.4. The fraction of sp³-hybridized carbons (Fsp3) is 0.769. The predicted octanol–water partition coefficient (Wildman–Crippen LogP) is 8.04. The molecule has 2 aromatic rings. The van der Waals surface area contributed by atoms with Crippen molar-refractivity contribution in [2.45, 2.75) is 119 Å². The Morgan fingerprint density at radius 2 is 0.762 bits per heavy atom. The van der Waals surface area contributed by atoms with Gasteiger partial charge in [-0.1, -0.05) is 50.0 Å². The highest BCUT2D eigenvalue weighted by Crippen LogP contribution is 2.49. The quantitative estimate of drug-likeness (QED) is 0.00795. The van der Waals surface area contributed by atoms with Crippen molar-refractivity contribution in [3.05, 3.63) is 83.6 Å². The number of fused-ring (bicyclic) bond motifs is 2. The number of nitrogens with zero attached hydrogens (tertiary/aromatic N) is 2. The minimum atomic E-state index is -4.45. The van der Waals surface area contributed by atoms with Crippen LogP contribution in [0.3, 0.4) is 0 Å². The molecule has 0 atom stereocenters. The van der Waals surface area contributed by atoms with Crippen LogP contribution in [0.15, 0.2) is 82.3 Å². The summed E-state index contributed by atoms with van der Waals surface area (Å²) in [5, 5.41) is 18.7. The number of anilines is 1. The monoisotopic (exact) mass is 1900 g/mol. The Balaban J connectivity index is 0.846. The summed E-state index contributed by atoms with van der Waals surface area (Å²) in [6.07, 6.45) is 18.6. The molecule has 4 rings (SSSR count). The average molecular weight is 1900 g/mol. The lowest BCUT2D eigenvalue weighted by Gasteiger charge is -2.27. The topological polar surface area (TPSA) is 405 Å². The Hall–Kier alpha value is -4.79. The van der Waals surface area contributed by atoms with E-state index in [0.717, 1.165) is 109 Å². The number of amides is 2. The molecule has 0 aliphatic carbocycles. The van der Waals surface area contributed by atoms with Gasteiger partial charge in [-0.2, -0.15) is 13.0 Å². The van der Waals surface area contributed by atoms with Crippen LogP contribution >= 0.6 is 12.0 Å². The van der Waals surface area contributed by atoms with Gasteiger partial charge in [0, 0.05) is 85.4 Å². The van der Waals surface area contributed by atoms with Gasteiger partial charge in [-0.25, -0.2) is 5.26 Å². The van der Waals surface area contributed by atoms with Crippen LogP contribution < -0.4 is 21.3 Å². The summed E-state index contributed by atoms with van der Waals surface area (Å²) in [6.45, 7) is 33.6. The number of benzene rings is 2. The molecule has 0 spiro atoms. The van der Waals surface area contributed by atoms with Crippen LogP contribution in [0.2, 0.25) is 0 Å². The molecule has 2 aromatic carbocycles. The van der Waals surface area contributed by atoms with Gasteiger partial charge >= 0.3 is 0 Å². The van der Waals surface area contributed by atoms with E-state index in [-0.39, 0.29) is 16.7 Å². The van der Waals surface area contributed by atoms with E-state index in [9.17, 15) is 22.6 Å². The molecule has 0 unspecified atom stereocenters. The van der Waals surface area contributed by atoms with E-state index in [1.165, 1.54) is 6.07 Å². The summed E-state index contributed by atoms with van der Waals surface area (Å²) in [5.41, 5.74) is 10.4. The lowest BCUT2D eigenvalue weighted by atomic mass is 9.81. The maximum atomic E-state index is 12.8. The highest BCUT2D eigenvalue weighted by atomic mass is 32.2. The number of unbranched alkanes of at least 4 members (excludes halogenated alkanes) is 6. The highest BCUT2D eigenvalue weighted by molar-refractivity contribution is 7.94. The van der Waals surface area contributed by atoms with Gasteiger partial charge in [-0.3, -0.25) is 14.1 Å². The van der Waals surface area contributed by atoms with Gasteiger partial charge < -0.3 is 135 Å². The number of nitrogens with two attached hydrogens (primary N) is 1. The largest absolute Gasteiger partial charge is 0.382 e. The first-order valence-electron chi connectivity index (χ1n) is 46.1. The van der Waals surface area contributed by atoms with Gasteiger partial charge in [-0.15, -0.1) is 4.33 Å². The minimum Gasteiger partial charge on any atom is -0.382 e. The minimum absolute atomic E-state index is 0.0542. The average Bonchev–Trinajstić information content (AvgIpc) is 1.59. The van der Waals surface area contributed by atoms with Gasteiger partial charge in [0.1, 0.15) is 6.54 Å². The zero-order valence-corrected chi connectivity index (χ0v) is 80.0. The Morgan fingerprint density at radius 1 is 0.408 bits per heavy atom. The molecule has 0 fully saturated rings. The van der Waals surface area contributed by atoms with E-state index in [4.69, 9.17) is 129 Å². The zero-order chi connectivity index (χ0) is 93.3. The number of allylic oxidation sites excluding steroid dienone is 6. The number of carbonyl (C=O) groups is 2.